The molecule has 13 heteroatoms. The molecule has 2 amide bonds. The molecule has 45 heavy (non-hydrogen) atoms. The zero-order chi connectivity index (χ0) is 33.2. The summed E-state index contributed by atoms with van der Waals surface area (Å²) >= 11 is 1.54. The number of carboxylic acid groups (broad SMARTS) is 1. The molecular weight excluding hydrogens is 618 g/mol. The maximum Gasteiger partial charge on any atom is 0.407 e. The molecule has 4 rings (SSSR count). The molecule has 0 spiro atoms. The van der Waals surface area contributed by atoms with Gasteiger partial charge >= 0.3 is 18.2 Å². The van der Waals surface area contributed by atoms with Crippen molar-refractivity contribution in [3.05, 3.63) is 89.5 Å². The largest absolute Gasteiger partial charge is 0.480 e. The van der Waals surface area contributed by atoms with E-state index in [1.807, 2.05) is 42.7 Å². The van der Waals surface area contributed by atoms with Crippen LogP contribution < -0.4 is 15.8 Å². The number of rotatable bonds is 10. The second-order valence-corrected chi connectivity index (χ2v) is 13.7. The van der Waals surface area contributed by atoms with Gasteiger partial charge in [0.2, 0.25) is 10.0 Å². The summed E-state index contributed by atoms with van der Waals surface area (Å²) in [5.74, 6) is -0.434. The number of nitrogens with two attached hydrogens (primary N) is 1. The van der Waals surface area contributed by atoms with Crippen molar-refractivity contribution in [2.75, 3.05) is 18.6 Å². The Bertz CT molecular complexity index is 1540. The highest BCUT2D eigenvalue weighted by Gasteiger charge is 2.29. The molecule has 3 aromatic carbocycles. The molecule has 0 bridgehead atoms. The number of nitrogens with one attached hydrogen (secondary N) is 2. The second kappa shape index (κ2) is 15.8. The van der Waals surface area contributed by atoms with E-state index < -0.39 is 39.8 Å². The zero-order valence-corrected chi connectivity index (χ0v) is 27.2. The van der Waals surface area contributed by atoms with Gasteiger partial charge in [-0.3, -0.25) is 0 Å². The molecule has 0 aromatic heterocycles. The Labute approximate surface area is 267 Å². The number of ether oxygens (including phenoxy) is 2. The lowest BCUT2D eigenvalue weighted by atomic mass is 9.98. The van der Waals surface area contributed by atoms with Gasteiger partial charge in [0, 0.05) is 12.5 Å². The summed E-state index contributed by atoms with van der Waals surface area (Å²) in [7, 11) is -3.69. The van der Waals surface area contributed by atoms with Gasteiger partial charge < -0.3 is 25.2 Å². The third-order valence-electron chi connectivity index (χ3n) is 6.63. The molecule has 3 aromatic rings. The summed E-state index contributed by atoms with van der Waals surface area (Å²) in [4.78, 5) is 34.8. The van der Waals surface area contributed by atoms with E-state index in [-0.39, 0.29) is 24.0 Å². The van der Waals surface area contributed by atoms with Crippen LogP contribution in [0.15, 0.2) is 77.7 Å². The minimum Gasteiger partial charge on any atom is -0.480 e. The van der Waals surface area contributed by atoms with Gasteiger partial charge in [0.1, 0.15) is 18.2 Å². The SMILES string of the molecule is CC(C)(C)OC(=O)NCc1ccc(S(N)(=O)=O)cc1.CSCC[C@H](NC(=O)OCC1c2ccccc2-c2ccccc21)C(=O)O. The number of hydrogen-bond acceptors (Lipinski definition) is 8. The van der Waals surface area contributed by atoms with Gasteiger partial charge in [0.05, 0.1) is 4.90 Å². The zero-order valence-electron chi connectivity index (χ0n) is 25.6. The van der Waals surface area contributed by atoms with Gasteiger partial charge in [-0.05, 0) is 79.2 Å². The number of benzene rings is 3. The van der Waals surface area contributed by atoms with E-state index in [2.05, 4.69) is 22.8 Å². The Hall–Kier alpha value is -4.07. The third kappa shape index (κ3) is 10.8. The van der Waals surface area contributed by atoms with Crippen LogP contribution in [0.3, 0.4) is 0 Å². The lowest BCUT2D eigenvalue weighted by Crippen LogP contribution is -2.41. The van der Waals surface area contributed by atoms with E-state index in [1.165, 1.54) is 23.9 Å². The van der Waals surface area contributed by atoms with Gasteiger partial charge in [-0.15, -0.1) is 0 Å². The number of fused-ring (bicyclic) bond motifs is 3. The average molecular weight is 658 g/mol. The van der Waals surface area contributed by atoms with E-state index >= 15 is 0 Å². The number of carboxylic acids is 1. The lowest BCUT2D eigenvalue weighted by molar-refractivity contribution is -0.139. The van der Waals surface area contributed by atoms with Crippen LogP contribution in [0.1, 0.15) is 49.8 Å². The Kier molecular flexibility index (Phi) is 12.4. The maximum atomic E-state index is 12.1. The minimum absolute atomic E-state index is 0.0357. The van der Waals surface area contributed by atoms with Gasteiger partial charge in [-0.2, -0.15) is 11.8 Å². The standard InChI is InChI=1S/C20H21NO4S.C12H18N2O4S/c1-26-11-10-18(19(22)23)21-20(24)25-12-17-15-8-4-2-6-13(15)14-7-3-5-9-16(14)17;1-12(2,3)18-11(15)14-8-9-4-6-10(7-5-9)19(13,16)17/h2-9,17-18H,10-12H2,1H3,(H,21,24)(H,22,23);4-7H,8H2,1-3H3,(H,14,15)(H2,13,16,17)/t18-;/m0./s1. The number of carbonyl (C=O) groups is 3. The van der Waals surface area contributed by atoms with Crippen molar-refractivity contribution >= 4 is 39.9 Å². The third-order valence-corrected chi connectivity index (χ3v) is 8.21. The van der Waals surface area contributed by atoms with E-state index in [1.54, 1.807) is 32.9 Å². The second-order valence-electron chi connectivity index (χ2n) is 11.2. The first-order valence-corrected chi connectivity index (χ1v) is 17.1. The summed E-state index contributed by atoms with van der Waals surface area (Å²) in [6.45, 7) is 5.74. The topological polar surface area (TPSA) is 174 Å². The molecule has 5 N–H and O–H groups in total. The number of hydrogen-bond donors (Lipinski definition) is 4. The first-order chi connectivity index (χ1) is 21.2. The molecule has 1 atom stereocenters. The minimum atomic E-state index is -3.69. The van der Waals surface area contributed by atoms with Crippen molar-refractivity contribution in [2.24, 2.45) is 5.14 Å². The Morgan fingerprint density at radius 2 is 1.49 bits per heavy atom. The highest BCUT2D eigenvalue weighted by molar-refractivity contribution is 7.98. The maximum absolute atomic E-state index is 12.1. The van der Waals surface area contributed by atoms with Crippen LogP contribution in [-0.2, 0) is 30.8 Å². The number of sulfonamides is 1. The molecule has 0 aliphatic heterocycles. The summed E-state index contributed by atoms with van der Waals surface area (Å²) in [5.41, 5.74) is 4.75. The summed E-state index contributed by atoms with van der Waals surface area (Å²) in [5, 5.41) is 19.2. The molecule has 1 aliphatic rings. The van der Waals surface area contributed by atoms with Gasteiger partial charge in [0.25, 0.3) is 0 Å². The predicted molar refractivity (Wildman–Crippen MR) is 174 cm³/mol. The van der Waals surface area contributed by atoms with Crippen LogP contribution in [0.25, 0.3) is 11.1 Å². The smallest absolute Gasteiger partial charge is 0.407 e. The van der Waals surface area contributed by atoms with Crippen LogP contribution in [0, 0.1) is 0 Å². The van der Waals surface area contributed by atoms with Crippen LogP contribution in [0.5, 0.6) is 0 Å². The summed E-state index contributed by atoms with van der Waals surface area (Å²) in [6, 6.07) is 21.2. The fourth-order valence-electron chi connectivity index (χ4n) is 4.56. The first-order valence-electron chi connectivity index (χ1n) is 14.1. The van der Waals surface area contributed by atoms with Crippen molar-refractivity contribution in [3.63, 3.8) is 0 Å². The van der Waals surface area contributed by atoms with Crippen molar-refractivity contribution in [1.29, 1.82) is 0 Å². The first kappa shape index (κ1) is 35.4. The monoisotopic (exact) mass is 657 g/mol. The Balaban J connectivity index is 0.000000259. The molecule has 0 radical (unpaired) electrons. The highest BCUT2D eigenvalue weighted by Crippen LogP contribution is 2.44. The van der Waals surface area contributed by atoms with Crippen LogP contribution >= 0.6 is 11.8 Å². The van der Waals surface area contributed by atoms with Crippen LogP contribution in [0.2, 0.25) is 0 Å². The molecule has 0 saturated carbocycles. The number of alkyl carbamates (subject to hydrolysis) is 2. The van der Waals surface area contributed by atoms with Crippen molar-refractivity contribution in [3.8, 4) is 11.1 Å². The van der Waals surface area contributed by atoms with Gasteiger partial charge in [0.15, 0.2) is 0 Å². The Morgan fingerprint density at radius 1 is 0.933 bits per heavy atom. The predicted octanol–water partition coefficient (Wildman–Crippen LogP) is 5.09. The highest BCUT2D eigenvalue weighted by atomic mass is 32.2. The lowest BCUT2D eigenvalue weighted by Gasteiger charge is -2.19. The molecular formula is C32H39N3O8S2. The van der Waals surface area contributed by atoms with Crippen LogP contribution in [-0.4, -0.2) is 61.9 Å². The molecule has 0 fully saturated rings. The number of aliphatic carboxylic acids is 1. The summed E-state index contributed by atoms with van der Waals surface area (Å²) in [6.07, 6.45) is 1.04. The fourth-order valence-corrected chi connectivity index (χ4v) is 5.55. The number of thioether (sulfide) groups is 1. The van der Waals surface area contributed by atoms with E-state index in [9.17, 15) is 27.9 Å². The van der Waals surface area contributed by atoms with Gasteiger partial charge in [-0.25, -0.2) is 27.9 Å². The van der Waals surface area contributed by atoms with Crippen LogP contribution in [0.4, 0.5) is 9.59 Å². The Morgan fingerprint density at radius 3 is 1.98 bits per heavy atom. The number of carbonyl (C=O) groups excluding carboxylic acids is 2. The number of amides is 2. The molecule has 1 aliphatic carbocycles. The van der Waals surface area contributed by atoms with Crippen molar-refractivity contribution in [2.45, 2.75) is 56.2 Å². The molecule has 242 valence electrons. The molecule has 0 unspecified atom stereocenters. The molecule has 11 nitrogen and oxygen atoms in total. The van der Waals surface area contributed by atoms with Crippen molar-refractivity contribution < 1.29 is 37.4 Å². The molecule has 0 heterocycles. The van der Waals surface area contributed by atoms with E-state index in [4.69, 9.17) is 14.6 Å². The molecule has 0 saturated heterocycles. The number of primary sulfonamides is 1. The average Bonchev–Trinajstić information content (AvgIpc) is 3.30. The van der Waals surface area contributed by atoms with Gasteiger partial charge in [-0.1, -0.05) is 60.7 Å². The fraction of sp³-hybridized carbons (Fsp3) is 0.344. The normalized spacial score (nSPS) is 12.9. The van der Waals surface area contributed by atoms with E-state index in [0.717, 1.165) is 27.8 Å². The van der Waals surface area contributed by atoms with Crippen molar-refractivity contribution in [1.82, 2.24) is 10.6 Å². The summed E-state index contributed by atoms with van der Waals surface area (Å²) < 4.78 is 32.6. The van der Waals surface area contributed by atoms with E-state index in [0.29, 0.717) is 12.2 Å². The quantitative estimate of drug-likeness (QED) is 0.232.